The normalized spacial score (nSPS) is 28.1. The van der Waals surface area contributed by atoms with E-state index in [1.165, 1.54) is 6.07 Å². The number of aryl methyl sites for hydroxylation is 1. The van der Waals surface area contributed by atoms with Crippen LogP contribution in [0.15, 0.2) is 34.7 Å². The molecule has 0 spiro atoms. The highest BCUT2D eigenvalue weighted by Crippen LogP contribution is 2.32. The second-order valence-electron chi connectivity index (χ2n) is 7.24. The number of nitrogens with one attached hydrogen (secondary N) is 1. The van der Waals surface area contributed by atoms with E-state index in [2.05, 4.69) is 17.1 Å². The van der Waals surface area contributed by atoms with E-state index < -0.39 is 0 Å². The molecule has 5 heteroatoms. The first-order valence-electron chi connectivity index (χ1n) is 8.94. The molecule has 132 valence electrons. The smallest absolute Gasteiger partial charge is 0.287 e. The second kappa shape index (κ2) is 6.30. The fourth-order valence-corrected chi connectivity index (χ4v) is 4.18. The molecule has 0 unspecified atom stereocenters. The number of amides is 1. The van der Waals surface area contributed by atoms with Crippen LogP contribution >= 0.6 is 0 Å². The lowest BCUT2D eigenvalue weighted by Crippen LogP contribution is -2.62. The van der Waals surface area contributed by atoms with Crippen LogP contribution in [0.1, 0.15) is 35.9 Å². The van der Waals surface area contributed by atoms with Crippen molar-refractivity contribution in [1.29, 1.82) is 0 Å². The predicted octanol–water partition coefficient (Wildman–Crippen LogP) is 3.61. The molecule has 1 aromatic heterocycles. The number of rotatable bonds is 3. The van der Waals surface area contributed by atoms with Crippen LogP contribution < -0.4 is 5.32 Å². The molecule has 0 radical (unpaired) electrons. The maximum Gasteiger partial charge on any atom is 0.287 e. The maximum atomic E-state index is 13.4. The van der Waals surface area contributed by atoms with E-state index in [0.29, 0.717) is 29.0 Å². The zero-order chi connectivity index (χ0) is 17.6. The molecule has 1 amide bonds. The molecule has 0 saturated carbocycles. The molecular weight excluding hydrogens is 319 g/mol. The van der Waals surface area contributed by atoms with Crippen LogP contribution in [-0.2, 0) is 0 Å². The maximum absolute atomic E-state index is 13.4. The van der Waals surface area contributed by atoms with Crippen molar-refractivity contribution in [3.05, 3.63) is 47.5 Å². The van der Waals surface area contributed by atoms with Gasteiger partial charge in [0.15, 0.2) is 5.76 Å². The number of benzene rings is 1. The molecule has 1 N–H and O–H groups in total. The summed E-state index contributed by atoms with van der Waals surface area (Å²) in [6.45, 7) is 6.16. The van der Waals surface area contributed by atoms with Gasteiger partial charge in [0.2, 0.25) is 0 Å². The highest BCUT2D eigenvalue weighted by molar-refractivity contribution is 5.92. The first-order chi connectivity index (χ1) is 12.0. The molecule has 1 aromatic carbocycles. The van der Waals surface area contributed by atoms with E-state index >= 15 is 0 Å². The van der Waals surface area contributed by atoms with Crippen LogP contribution in [-0.4, -0.2) is 36.0 Å². The van der Waals surface area contributed by atoms with Crippen molar-refractivity contribution in [2.75, 3.05) is 13.1 Å². The van der Waals surface area contributed by atoms with Crippen molar-refractivity contribution < 1.29 is 13.6 Å². The monoisotopic (exact) mass is 342 g/mol. The van der Waals surface area contributed by atoms with E-state index in [-0.39, 0.29) is 17.8 Å². The molecule has 3 fully saturated rings. The Hall–Kier alpha value is -2.14. The number of hydrogen-bond donors (Lipinski definition) is 1. The Kier molecular flexibility index (Phi) is 4.12. The molecule has 0 aliphatic carbocycles. The summed E-state index contributed by atoms with van der Waals surface area (Å²) in [5.74, 6) is 1.02. The standard InChI is InChI=1S/C20H23FN2O2/c1-12-11-15(3-4-16(12)21)17-5-6-18(25-17)20(24)22-19-13(2)23-9-7-14(19)8-10-23/h3-6,11,13-14,19H,7-10H2,1-2H3,(H,22,24)/t13-,19-/m0/s1. The Morgan fingerprint density at radius 2 is 2.00 bits per heavy atom. The number of fused-ring (bicyclic) bond motifs is 3. The fourth-order valence-electron chi connectivity index (χ4n) is 4.18. The van der Waals surface area contributed by atoms with Gasteiger partial charge in [0.05, 0.1) is 0 Å². The number of furan rings is 1. The topological polar surface area (TPSA) is 45.5 Å². The van der Waals surface area contributed by atoms with Crippen LogP contribution in [0.25, 0.3) is 11.3 Å². The van der Waals surface area contributed by atoms with E-state index in [1.54, 1.807) is 31.2 Å². The molecule has 3 aliphatic heterocycles. The lowest BCUT2D eigenvalue weighted by atomic mass is 9.79. The van der Waals surface area contributed by atoms with Gasteiger partial charge in [0.25, 0.3) is 5.91 Å². The average molecular weight is 342 g/mol. The number of carbonyl (C=O) groups excluding carboxylic acids is 1. The molecule has 2 atom stereocenters. The third kappa shape index (κ3) is 2.97. The van der Waals surface area contributed by atoms with E-state index in [9.17, 15) is 9.18 Å². The van der Waals surface area contributed by atoms with Crippen molar-refractivity contribution in [1.82, 2.24) is 10.2 Å². The van der Waals surface area contributed by atoms with Gasteiger partial charge in [0.1, 0.15) is 11.6 Å². The van der Waals surface area contributed by atoms with Crippen LogP contribution in [0.2, 0.25) is 0 Å². The molecule has 3 saturated heterocycles. The summed E-state index contributed by atoms with van der Waals surface area (Å²) in [5.41, 5.74) is 1.33. The molecule has 2 bridgehead atoms. The number of nitrogens with zero attached hydrogens (tertiary/aromatic N) is 1. The third-order valence-corrected chi connectivity index (χ3v) is 5.75. The van der Waals surface area contributed by atoms with Gasteiger partial charge in [-0.25, -0.2) is 4.39 Å². The number of carbonyl (C=O) groups is 1. The Bertz CT molecular complexity index is 791. The SMILES string of the molecule is Cc1cc(-c2ccc(C(=O)N[C@@H]3C4CCN(CC4)[C@H]3C)o2)ccc1F. The summed E-state index contributed by atoms with van der Waals surface area (Å²) in [6.07, 6.45) is 2.29. The summed E-state index contributed by atoms with van der Waals surface area (Å²) in [6, 6.07) is 8.81. The summed E-state index contributed by atoms with van der Waals surface area (Å²) in [5, 5.41) is 3.17. The van der Waals surface area contributed by atoms with Crippen molar-refractivity contribution in [2.24, 2.45) is 5.92 Å². The van der Waals surface area contributed by atoms with Crippen molar-refractivity contribution in [3.63, 3.8) is 0 Å². The molecule has 3 aliphatic rings. The van der Waals surface area contributed by atoms with Crippen molar-refractivity contribution >= 4 is 5.91 Å². The number of halogens is 1. The minimum atomic E-state index is -0.246. The molecule has 4 heterocycles. The lowest BCUT2D eigenvalue weighted by Gasteiger charge is -2.49. The van der Waals surface area contributed by atoms with E-state index in [1.807, 2.05) is 0 Å². The van der Waals surface area contributed by atoms with Crippen molar-refractivity contribution in [2.45, 2.75) is 38.8 Å². The number of piperidine rings is 3. The molecule has 5 rings (SSSR count). The van der Waals surface area contributed by atoms with E-state index in [0.717, 1.165) is 31.5 Å². The van der Waals surface area contributed by atoms with Crippen molar-refractivity contribution in [3.8, 4) is 11.3 Å². The van der Waals surface area contributed by atoms with Gasteiger partial charge >= 0.3 is 0 Å². The summed E-state index contributed by atoms with van der Waals surface area (Å²) >= 11 is 0. The van der Waals surface area contributed by atoms with Crippen LogP contribution in [0, 0.1) is 18.7 Å². The van der Waals surface area contributed by atoms with Gasteiger partial charge in [0, 0.05) is 17.6 Å². The highest BCUT2D eigenvalue weighted by atomic mass is 19.1. The number of hydrogen-bond acceptors (Lipinski definition) is 3. The van der Waals surface area contributed by atoms with Gasteiger partial charge < -0.3 is 9.73 Å². The minimum absolute atomic E-state index is 0.171. The Morgan fingerprint density at radius 3 is 2.68 bits per heavy atom. The predicted molar refractivity (Wildman–Crippen MR) is 93.9 cm³/mol. The summed E-state index contributed by atoms with van der Waals surface area (Å²) < 4.78 is 19.2. The Labute approximate surface area is 147 Å². The first-order valence-corrected chi connectivity index (χ1v) is 8.94. The van der Waals surface area contributed by atoms with Gasteiger partial charge in [-0.2, -0.15) is 0 Å². The van der Waals surface area contributed by atoms with Gasteiger partial charge in [-0.15, -0.1) is 0 Å². The summed E-state index contributed by atoms with van der Waals surface area (Å²) in [7, 11) is 0. The Morgan fingerprint density at radius 1 is 1.24 bits per heavy atom. The van der Waals surface area contributed by atoms with Gasteiger partial charge in [-0.3, -0.25) is 9.69 Å². The molecule has 2 aromatic rings. The first kappa shape index (κ1) is 16.3. The van der Waals surface area contributed by atoms with E-state index in [4.69, 9.17) is 4.42 Å². The van der Waals surface area contributed by atoms with Gasteiger partial charge in [-0.05, 0) is 81.6 Å². The molecule has 4 nitrogen and oxygen atoms in total. The molecular formula is C20H23FN2O2. The average Bonchev–Trinajstić information content (AvgIpc) is 3.11. The summed E-state index contributed by atoms with van der Waals surface area (Å²) in [4.78, 5) is 15.1. The lowest BCUT2D eigenvalue weighted by molar-refractivity contribution is 0.0211. The van der Waals surface area contributed by atoms with Crippen LogP contribution in [0.4, 0.5) is 4.39 Å². The second-order valence-corrected chi connectivity index (χ2v) is 7.24. The third-order valence-electron chi connectivity index (χ3n) is 5.75. The van der Waals surface area contributed by atoms with Crippen LogP contribution in [0.3, 0.4) is 0 Å². The van der Waals surface area contributed by atoms with Crippen LogP contribution in [0.5, 0.6) is 0 Å². The zero-order valence-electron chi connectivity index (χ0n) is 14.6. The fraction of sp³-hybridized carbons (Fsp3) is 0.450. The highest BCUT2D eigenvalue weighted by Gasteiger charge is 2.40. The minimum Gasteiger partial charge on any atom is -0.451 e. The molecule has 25 heavy (non-hydrogen) atoms. The Balaban J connectivity index is 1.50. The quantitative estimate of drug-likeness (QED) is 0.927. The zero-order valence-corrected chi connectivity index (χ0v) is 14.6. The van der Waals surface area contributed by atoms with Gasteiger partial charge in [-0.1, -0.05) is 0 Å². The largest absolute Gasteiger partial charge is 0.451 e.